The highest BCUT2D eigenvalue weighted by molar-refractivity contribution is 7.18. The quantitative estimate of drug-likeness (QED) is 0.680. The molecule has 0 spiro atoms. The predicted octanol–water partition coefficient (Wildman–Crippen LogP) is 2.76. The Morgan fingerprint density at radius 3 is 3.17 bits per heavy atom. The summed E-state index contributed by atoms with van der Waals surface area (Å²) < 4.78 is 11.9. The van der Waals surface area contributed by atoms with Gasteiger partial charge in [0.15, 0.2) is 0 Å². The molecule has 6 nitrogen and oxygen atoms in total. The zero-order valence-corrected chi connectivity index (χ0v) is 14.0. The van der Waals surface area contributed by atoms with Crippen LogP contribution < -0.4 is 5.56 Å². The molecule has 0 saturated heterocycles. The summed E-state index contributed by atoms with van der Waals surface area (Å²) in [4.78, 5) is 31.3. The number of hydrogen-bond acceptors (Lipinski definition) is 6. The number of nitrogens with zero attached hydrogens (tertiary/aromatic N) is 2. The number of fused-ring (bicyclic) bond motifs is 3. The summed E-state index contributed by atoms with van der Waals surface area (Å²) in [5.41, 5.74) is 1.41. The molecule has 4 rings (SSSR count). The largest absolute Gasteiger partial charge is 0.467 e. The first-order chi connectivity index (χ1) is 11.7. The highest BCUT2D eigenvalue weighted by Gasteiger charge is 2.22. The van der Waals surface area contributed by atoms with Crippen molar-refractivity contribution in [3.05, 3.63) is 50.8 Å². The van der Waals surface area contributed by atoms with Crippen molar-refractivity contribution in [3.63, 3.8) is 0 Å². The standard InChI is InChI=1S/C17H16N2O4S/c1-2-22-17(21)10-6-7-23-12(10)8-19-9-18-15-14(16(19)20)11-4-3-5-13(11)24-15/h6-7,9H,2-5,8H2,1H3. The Labute approximate surface area is 141 Å². The van der Waals surface area contributed by atoms with Gasteiger partial charge < -0.3 is 9.15 Å². The summed E-state index contributed by atoms with van der Waals surface area (Å²) in [6.07, 6.45) is 6.01. The lowest BCUT2D eigenvalue weighted by atomic mass is 10.2. The van der Waals surface area contributed by atoms with Crippen LogP contribution in [0, 0.1) is 0 Å². The molecule has 0 unspecified atom stereocenters. The lowest BCUT2D eigenvalue weighted by molar-refractivity contribution is 0.0523. The Morgan fingerprint density at radius 1 is 1.46 bits per heavy atom. The van der Waals surface area contributed by atoms with Gasteiger partial charge in [-0.3, -0.25) is 9.36 Å². The lowest BCUT2D eigenvalue weighted by Gasteiger charge is -2.06. The second-order valence-corrected chi connectivity index (χ2v) is 6.78. The number of rotatable bonds is 4. The maximum Gasteiger partial charge on any atom is 0.341 e. The average Bonchev–Trinajstić information content (AvgIpc) is 3.25. The molecule has 0 amide bonds. The van der Waals surface area contributed by atoms with Gasteiger partial charge in [0.1, 0.15) is 16.2 Å². The van der Waals surface area contributed by atoms with Crippen LogP contribution in [0.15, 0.2) is 27.9 Å². The SMILES string of the molecule is CCOC(=O)c1ccoc1Cn1cnc2sc3c(c2c1=O)CCC3. The van der Waals surface area contributed by atoms with E-state index in [1.54, 1.807) is 24.3 Å². The Hall–Kier alpha value is -2.41. The molecule has 0 bridgehead atoms. The van der Waals surface area contributed by atoms with E-state index in [4.69, 9.17) is 9.15 Å². The van der Waals surface area contributed by atoms with E-state index in [2.05, 4.69) is 4.98 Å². The highest BCUT2D eigenvalue weighted by atomic mass is 32.1. The van der Waals surface area contributed by atoms with Crippen molar-refractivity contribution in [1.29, 1.82) is 0 Å². The zero-order chi connectivity index (χ0) is 16.7. The number of furan rings is 1. The molecule has 7 heteroatoms. The minimum Gasteiger partial charge on any atom is -0.467 e. The molecule has 0 N–H and O–H groups in total. The van der Waals surface area contributed by atoms with Gasteiger partial charge in [0.2, 0.25) is 0 Å². The van der Waals surface area contributed by atoms with E-state index in [9.17, 15) is 9.59 Å². The van der Waals surface area contributed by atoms with Gasteiger partial charge in [0, 0.05) is 4.88 Å². The predicted molar refractivity (Wildman–Crippen MR) is 89.7 cm³/mol. The number of thiophene rings is 1. The number of hydrogen-bond donors (Lipinski definition) is 0. The molecular weight excluding hydrogens is 328 g/mol. The van der Waals surface area contributed by atoms with E-state index < -0.39 is 5.97 Å². The minimum absolute atomic E-state index is 0.0781. The normalized spacial score (nSPS) is 13.4. The molecule has 0 saturated carbocycles. The van der Waals surface area contributed by atoms with Crippen molar-refractivity contribution in [2.75, 3.05) is 6.61 Å². The van der Waals surface area contributed by atoms with Crippen molar-refractivity contribution < 1.29 is 13.9 Å². The highest BCUT2D eigenvalue weighted by Crippen LogP contribution is 2.34. The molecule has 3 heterocycles. The smallest absolute Gasteiger partial charge is 0.341 e. The molecule has 24 heavy (non-hydrogen) atoms. The van der Waals surface area contributed by atoms with E-state index >= 15 is 0 Å². The fourth-order valence-electron chi connectivity index (χ4n) is 3.14. The van der Waals surface area contributed by atoms with Crippen LogP contribution in [0.5, 0.6) is 0 Å². The number of aryl methyl sites for hydroxylation is 2. The molecule has 3 aromatic rings. The Morgan fingerprint density at radius 2 is 2.33 bits per heavy atom. The van der Waals surface area contributed by atoms with Gasteiger partial charge in [0.05, 0.1) is 31.1 Å². The van der Waals surface area contributed by atoms with Crippen molar-refractivity contribution >= 4 is 27.5 Å². The van der Waals surface area contributed by atoms with Gasteiger partial charge in [-0.25, -0.2) is 9.78 Å². The van der Waals surface area contributed by atoms with E-state index in [0.717, 1.165) is 35.0 Å². The zero-order valence-electron chi connectivity index (χ0n) is 13.2. The van der Waals surface area contributed by atoms with Crippen LogP contribution in [0.1, 0.15) is 39.9 Å². The first kappa shape index (κ1) is 15.1. The van der Waals surface area contributed by atoms with Gasteiger partial charge in [-0.15, -0.1) is 11.3 Å². The molecule has 0 aliphatic heterocycles. The fraction of sp³-hybridized carbons (Fsp3) is 0.353. The van der Waals surface area contributed by atoms with Gasteiger partial charge in [-0.05, 0) is 37.8 Å². The summed E-state index contributed by atoms with van der Waals surface area (Å²) in [6.45, 7) is 2.20. The molecule has 3 aromatic heterocycles. The van der Waals surface area contributed by atoms with E-state index in [-0.39, 0.29) is 18.7 Å². The van der Waals surface area contributed by atoms with E-state index in [0.29, 0.717) is 11.3 Å². The first-order valence-corrected chi connectivity index (χ1v) is 8.74. The molecule has 0 aromatic carbocycles. The summed E-state index contributed by atoms with van der Waals surface area (Å²) in [6, 6.07) is 1.56. The lowest BCUT2D eigenvalue weighted by Crippen LogP contribution is -2.22. The van der Waals surface area contributed by atoms with Crippen LogP contribution in [0.4, 0.5) is 0 Å². The van der Waals surface area contributed by atoms with Crippen molar-refractivity contribution in [2.45, 2.75) is 32.7 Å². The number of esters is 1. The van der Waals surface area contributed by atoms with E-state index in [1.807, 2.05) is 0 Å². The number of ether oxygens (including phenoxy) is 1. The molecule has 1 aliphatic carbocycles. The van der Waals surface area contributed by atoms with Gasteiger partial charge in [-0.2, -0.15) is 0 Å². The maximum atomic E-state index is 12.9. The molecule has 1 aliphatic rings. The molecule has 0 radical (unpaired) electrons. The number of carbonyl (C=O) groups excluding carboxylic acids is 1. The monoisotopic (exact) mass is 344 g/mol. The Bertz CT molecular complexity index is 982. The molecular formula is C17H16N2O4S. The summed E-state index contributed by atoms with van der Waals surface area (Å²) in [5.74, 6) is -0.0386. The molecule has 0 atom stereocenters. The van der Waals surface area contributed by atoms with Crippen LogP contribution in [0.2, 0.25) is 0 Å². The average molecular weight is 344 g/mol. The van der Waals surface area contributed by atoms with Crippen LogP contribution in [-0.4, -0.2) is 22.1 Å². The van der Waals surface area contributed by atoms with Gasteiger partial charge in [-0.1, -0.05) is 0 Å². The van der Waals surface area contributed by atoms with Crippen LogP contribution in [-0.2, 0) is 24.1 Å². The van der Waals surface area contributed by atoms with Crippen LogP contribution >= 0.6 is 11.3 Å². The van der Waals surface area contributed by atoms with Crippen molar-refractivity contribution in [3.8, 4) is 0 Å². The minimum atomic E-state index is -0.445. The van der Waals surface area contributed by atoms with Crippen LogP contribution in [0.3, 0.4) is 0 Å². The number of aromatic nitrogens is 2. The second-order valence-electron chi connectivity index (χ2n) is 5.69. The third-order valence-electron chi connectivity index (χ3n) is 4.25. The first-order valence-electron chi connectivity index (χ1n) is 7.92. The summed E-state index contributed by atoms with van der Waals surface area (Å²) in [7, 11) is 0. The fourth-order valence-corrected chi connectivity index (χ4v) is 4.36. The number of carbonyl (C=O) groups is 1. The molecule has 0 fully saturated rings. The topological polar surface area (TPSA) is 74.3 Å². The van der Waals surface area contributed by atoms with Gasteiger partial charge >= 0.3 is 5.97 Å². The summed E-state index contributed by atoms with van der Waals surface area (Å²) in [5, 5.41) is 0.722. The summed E-state index contributed by atoms with van der Waals surface area (Å²) >= 11 is 1.61. The van der Waals surface area contributed by atoms with Crippen LogP contribution in [0.25, 0.3) is 10.2 Å². The second kappa shape index (κ2) is 5.90. The van der Waals surface area contributed by atoms with Crippen molar-refractivity contribution in [2.24, 2.45) is 0 Å². The maximum absolute atomic E-state index is 12.9. The Balaban J connectivity index is 1.74. The van der Waals surface area contributed by atoms with Crippen molar-refractivity contribution in [1.82, 2.24) is 9.55 Å². The van der Waals surface area contributed by atoms with Gasteiger partial charge in [0.25, 0.3) is 5.56 Å². The van der Waals surface area contributed by atoms with E-state index in [1.165, 1.54) is 22.0 Å². The Kier molecular flexibility index (Phi) is 3.72. The third kappa shape index (κ3) is 2.36. The third-order valence-corrected chi connectivity index (χ3v) is 5.45. The molecule has 124 valence electrons.